The lowest BCUT2D eigenvalue weighted by Crippen LogP contribution is -1.69. The van der Waals surface area contributed by atoms with Gasteiger partial charge in [-0.25, -0.2) is 0 Å². The van der Waals surface area contributed by atoms with Gasteiger partial charge in [-0.1, -0.05) is 11.6 Å². The van der Waals surface area contributed by atoms with E-state index in [0.29, 0.717) is 6.10 Å². The number of rotatable bonds is 0. The lowest BCUT2D eigenvalue weighted by atomic mass is 10.6. The molecule has 2 atom stereocenters. The Hall–Kier alpha value is -0.0100. The highest BCUT2D eigenvalue weighted by molar-refractivity contribution is 6.21. The fraction of sp³-hybridized carbons (Fsp3) is 0.600. The smallest absolute Gasteiger partial charge is 0.157 e. The van der Waals surface area contributed by atoms with Crippen molar-refractivity contribution in [3.63, 3.8) is 0 Å². The van der Waals surface area contributed by atoms with Gasteiger partial charge in [0.25, 0.3) is 0 Å². The summed E-state index contributed by atoms with van der Waals surface area (Å²) in [6.07, 6.45) is 0.316. The Kier molecular flexibility index (Phi) is 3.05. The first-order chi connectivity index (χ1) is 3.30. The second kappa shape index (κ2) is 3.05. The van der Waals surface area contributed by atoms with E-state index in [1.807, 2.05) is 6.92 Å². The fourth-order valence-corrected chi connectivity index (χ4v) is 0.322. The number of hydrogen-bond acceptors (Lipinski definition) is 1. The first-order valence-corrected chi connectivity index (χ1v) is 2.54. The molecule has 0 saturated carbocycles. The summed E-state index contributed by atoms with van der Waals surface area (Å²) in [6, 6.07) is 0. The maximum atomic E-state index is 5.31. The molecule has 1 nitrogen and oxygen atoms in total. The van der Waals surface area contributed by atoms with Crippen LogP contribution in [0.4, 0.5) is 0 Å². The molecule has 0 spiro atoms. The van der Waals surface area contributed by atoms with Crippen LogP contribution in [0.5, 0.6) is 0 Å². The zero-order chi connectivity index (χ0) is 5.86. The van der Waals surface area contributed by atoms with Gasteiger partial charge < -0.3 is 4.74 Å². The molecule has 1 fully saturated rings. The van der Waals surface area contributed by atoms with E-state index >= 15 is 0 Å². The molecular formula is C5H9ClO. The van der Waals surface area contributed by atoms with Gasteiger partial charge in [-0.2, -0.15) is 0 Å². The first kappa shape index (κ1) is 6.99. The van der Waals surface area contributed by atoms with E-state index in [9.17, 15) is 0 Å². The Morgan fingerprint density at radius 1 is 1.57 bits per heavy atom. The minimum Gasteiger partial charge on any atom is -0.353 e. The molecule has 1 aliphatic rings. The lowest BCUT2D eigenvalue weighted by molar-refractivity contribution is 0.411. The molecule has 7 heavy (non-hydrogen) atoms. The third kappa shape index (κ3) is 2.66. The van der Waals surface area contributed by atoms with Gasteiger partial charge in [-0.15, -0.1) is 13.2 Å². The Balaban J connectivity index is 0.000000162. The number of hydrogen-bond donors (Lipinski definition) is 0. The largest absolute Gasteiger partial charge is 0.353 e. The van der Waals surface area contributed by atoms with Crippen molar-refractivity contribution in [2.45, 2.75) is 18.6 Å². The SMILES string of the molecule is C=C.CC1OC1Cl. The molecule has 1 heterocycles. The van der Waals surface area contributed by atoms with Crippen molar-refractivity contribution in [2.75, 3.05) is 0 Å². The summed E-state index contributed by atoms with van der Waals surface area (Å²) in [5.74, 6) is 0. The van der Waals surface area contributed by atoms with Crippen LogP contribution in [0.25, 0.3) is 0 Å². The van der Waals surface area contributed by atoms with E-state index in [4.69, 9.17) is 11.6 Å². The molecule has 0 aromatic rings. The summed E-state index contributed by atoms with van der Waals surface area (Å²) in [5.41, 5.74) is 0.0231. The highest BCUT2D eigenvalue weighted by Gasteiger charge is 2.30. The normalized spacial score (nSPS) is 35.7. The Morgan fingerprint density at radius 3 is 1.71 bits per heavy atom. The van der Waals surface area contributed by atoms with Crippen molar-refractivity contribution in [1.82, 2.24) is 0 Å². The average molecular weight is 121 g/mol. The number of epoxide rings is 1. The fourth-order valence-electron chi connectivity index (χ4n) is 0.160. The monoisotopic (exact) mass is 120 g/mol. The summed E-state index contributed by atoms with van der Waals surface area (Å²) in [5, 5.41) is 0. The second-order valence-electron chi connectivity index (χ2n) is 1.19. The van der Waals surface area contributed by atoms with Crippen LogP contribution in [0.2, 0.25) is 0 Å². The molecule has 0 aromatic carbocycles. The van der Waals surface area contributed by atoms with Gasteiger partial charge in [0.15, 0.2) is 5.56 Å². The molecule has 42 valence electrons. The van der Waals surface area contributed by atoms with Crippen LogP contribution < -0.4 is 0 Å². The lowest BCUT2D eigenvalue weighted by Gasteiger charge is -1.55. The van der Waals surface area contributed by atoms with Gasteiger partial charge in [-0.3, -0.25) is 0 Å². The van der Waals surface area contributed by atoms with Crippen LogP contribution in [0, 0.1) is 0 Å². The van der Waals surface area contributed by atoms with Crippen LogP contribution in [0.3, 0.4) is 0 Å². The van der Waals surface area contributed by atoms with E-state index in [-0.39, 0.29) is 5.56 Å². The van der Waals surface area contributed by atoms with Gasteiger partial charge in [0.2, 0.25) is 0 Å². The molecule has 2 heteroatoms. The molecule has 0 aromatic heterocycles. The molecule has 1 rings (SSSR count). The molecule has 2 unspecified atom stereocenters. The van der Waals surface area contributed by atoms with Crippen molar-refractivity contribution >= 4 is 11.6 Å². The van der Waals surface area contributed by atoms with Gasteiger partial charge in [0.05, 0.1) is 6.10 Å². The van der Waals surface area contributed by atoms with E-state index in [1.165, 1.54) is 0 Å². The zero-order valence-electron chi connectivity index (χ0n) is 4.36. The number of halogens is 1. The van der Waals surface area contributed by atoms with E-state index in [1.54, 1.807) is 0 Å². The number of ether oxygens (including phenoxy) is 1. The van der Waals surface area contributed by atoms with Gasteiger partial charge in [0.1, 0.15) is 0 Å². The molecule has 1 aliphatic heterocycles. The quantitative estimate of drug-likeness (QED) is 0.270. The predicted octanol–water partition coefficient (Wildman–Crippen LogP) is 1.77. The molecule has 1 saturated heterocycles. The maximum Gasteiger partial charge on any atom is 0.157 e. The molecule has 0 amide bonds. The predicted molar refractivity (Wildman–Crippen MR) is 31.4 cm³/mol. The zero-order valence-corrected chi connectivity index (χ0v) is 5.11. The van der Waals surface area contributed by atoms with Crippen LogP contribution >= 0.6 is 11.6 Å². The average Bonchev–Trinajstić information content (AvgIpc) is 2.27. The van der Waals surface area contributed by atoms with Gasteiger partial charge in [0, 0.05) is 0 Å². The molecule has 0 N–H and O–H groups in total. The van der Waals surface area contributed by atoms with Crippen molar-refractivity contribution < 1.29 is 4.74 Å². The van der Waals surface area contributed by atoms with Crippen molar-refractivity contribution in [3.8, 4) is 0 Å². The highest BCUT2D eigenvalue weighted by atomic mass is 35.5. The van der Waals surface area contributed by atoms with Crippen LogP contribution in [0.15, 0.2) is 13.2 Å². The van der Waals surface area contributed by atoms with Crippen LogP contribution in [-0.4, -0.2) is 11.7 Å². The van der Waals surface area contributed by atoms with Crippen LogP contribution in [0.1, 0.15) is 6.92 Å². The Morgan fingerprint density at radius 2 is 1.71 bits per heavy atom. The van der Waals surface area contributed by atoms with Crippen LogP contribution in [-0.2, 0) is 4.74 Å². The van der Waals surface area contributed by atoms with E-state index in [2.05, 4.69) is 17.9 Å². The number of alkyl halides is 1. The third-order valence-corrected chi connectivity index (χ3v) is 1.09. The topological polar surface area (TPSA) is 12.5 Å². The highest BCUT2D eigenvalue weighted by Crippen LogP contribution is 2.23. The molecule has 0 aliphatic carbocycles. The minimum absolute atomic E-state index is 0.0231. The third-order valence-electron chi connectivity index (χ3n) is 0.637. The summed E-state index contributed by atoms with van der Waals surface area (Å²) in [4.78, 5) is 0. The Bertz CT molecular complexity index is 50.0. The summed E-state index contributed by atoms with van der Waals surface area (Å²) in [7, 11) is 0. The molecule has 0 bridgehead atoms. The summed E-state index contributed by atoms with van der Waals surface area (Å²) in [6.45, 7) is 7.94. The standard InChI is InChI=1S/C3H5ClO.C2H4/c1-2-3(4)5-2;1-2/h2-3H,1H3;1-2H2. The second-order valence-corrected chi connectivity index (χ2v) is 1.62. The molecular weight excluding hydrogens is 112 g/mol. The van der Waals surface area contributed by atoms with Crippen molar-refractivity contribution in [1.29, 1.82) is 0 Å². The van der Waals surface area contributed by atoms with Gasteiger partial charge >= 0.3 is 0 Å². The minimum atomic E-state index is 0.0231. The van der Waals surface area contributed by atoms with Crippen molar-refractivity contribution in [2.24, 2.45) is 0 Å². The van der Waals surface area contributed by atoms with E-state index in [0.717, 1.165) is 0 Å². The molecule has 0 radical (unpaired) electrons. The Labute approximate surface area is 48.9 Å². The maximum absolute atomic E-state index is 5.31. The van der Waals surface area contributed by atoms with Crippen molar-refractivity contribution in [3.05, 3.63) is 13.2 Å². The van der Waals surface area contributed by atoms with E-state index < -0.39 is 0 Å². The van der Waals surface area contributed by atoms with Gasteiger partial charge in [-0.05, 0) is 6.92 Å². The summed E-state index contributed by atoms with van der Waals surface area (Å²) >= 11 is 5.31. The first-order valence-electron chi connectivity index (χ1n) is 2.10. The summed E-state index contributed by atoms with van der Waals surface area (Å²) < 4.78 is 4.68.